The summed E-state index contributed by atoms with van der Waals surface area (Å²) in [6.07, 6.45) is 1.80. The molecule has 1 amide bonds. The van der Waals surface area contributed by atoms with Crippen LogP contribution < -0.4 is 19.1 Å². The second-order valence-corrected chi connectivity index (χ2v) is 7.86. The van der Waals surface area contributed by atoms with Crippen molar-refractivity contribution in [2.75, 3.05) is 36.6 Å². The average Bonchev–Trinajstić information content (AvgIpc) is 3.05. The molecule has 0 saturated heterocycles. The van der Waals surface area contributed by atoms with Gasteiger partial charge in [-0.25, -0.2) is 8.42 Å². The Kier molecular flexibility index (Phi) is 4.78. The van der Waals surface area contributed by atoms with Gasteiger partial charge in [-0.2, -0.15) is 0 Å². The van der Waals surface area contributed by atoms with Gasteiger partial charge in [-0.3, -0.25) is 9.10 Å². The SMILES string of the molecule is COc1ccc(NC(=O)c2ccc3c(c2)N(S(C)(=O)=O)CC3)cc1OC. The van der Waals surface area contributed by atoms with Crippen molar-refractivity contribution in [2.45, 2.75) is 6.42 Å². The summed E-state index contributed by atoms with van der Waals surface area (Å²) in [6, 6.07) is 10.2. The maximum absolute atomic E-state index is 12.6. The van der Waals surface area contributed by atoms with Crippen LogP contribution in [0.25, 0.3) is 0 Å². The summed E-state index contributed by atoms with van der Waals surface area (Å²) in [7, 11) is -0.309. The Labute approximate surface area is 152 Å². The van der Waals surface area contributed by atoms with Crippen molar-refractivity contribution in [1.82, 2.24) is 0 Å². The van der Waals surface area contributed by atoms with Crippen LogP contribution in [0.2, 0.25) is 0 Å². The summed E-state index contributed by atoms with van der Waals surface area (Å²) in [5.41, 5.74) is 2.41. The van der Waals surface area contributed by atoms with Crippen molar-refractivity contribution >= 4 is 27.3 Å². The third kappa shape index (κ3) is 3.45. The predicted octanol–water partition coefficient (Wildman–Crippen LogP) is 2.28. The van der Waals surface area contributed by atoms with Crippen molar-refractivity contribution in [3.63, 3.8) is 0 Å². The molecule has 0 aliphatic carbocycles. The molecule has 8 heteroatoms. The highest BCUT2D eigenvalue weighted by Gasteiger charge is 2.27. The van der Waals surface area contributed by atoms with Crippen molar-refractivity contribution < 1.29 is 22.7 Å². The molecular formula is C18H20N2O5S. The predicted molar refractivity (Wildman–Crippen MR) is 99.8 cm³/mol. The molecule has 0 aromatic heterocycles. The van der Waals surface area contributed by atoms with E-state index in [0.717, 1.165) is 5.56 Å². The molecule has 138 valence electrons. The number of amides is 1. The molecule has 26 heavy (non-hydrogen) atoms. The Hall–Kier alpha value is -2.74. The van der Waals surface area contributed by atoms with E-state index in [2.05, 4.69) is 5.32 Å². The number of nitrogens with zero attached hydrogens (tertiary/aromatic N) is 1. The maximum Gasteiger partial charge on any atom is 0.255 e. The van der Waals surface area contributed by atoms with Crippen LogP contribution in [0.3, 0.4) is 0 Å². The highest BCUT2D eigenvalue weighted by molar-refractivity contribution is 7.92. The lowest BCUT2D eigenvalue weighted by Crippen LogP contribution is -2.27. The van der Waals surface area contributed by atoms with Crippen LogP contribution in [-0.2, 0) is 16.4 Å². The number of anilines is 2. The zero-order valence-electron chi connectivity index (χ0n) is 14.8. The van der Waals surface area contributed by atoms with E-state index in [-0.39, 0.29) is 5.91 Å². The smallest absolute Gasteiger partial charge is 0.255 e. The Balaban J connectivity index is 1.86. The van der Waals surface area contributed by atoms with Gasteiger partial charge in [0, 0.05) is 23.9 Å². The van der Waals surface area contributed by atoms with Crippen LogP contribution in [0.15, 0.2) is 36.4 Å². The minimum Gasteiger partial charge on any atom is -0.493 e. The lowest BCUT2D eigenvalue weighted by molar-refractivity contribution is 0.102. The summed E-state index contributed by atoms with van der Waals surface area (Å²) in [5, 5.41) is 2.79. The molecule has 3 rings (SSSR count). The fourth-order valence-electron chi connectivity index (χ4n) is 2.95. The van der Waals surface area contributed by atoms with Crippen LogP contribution in [0, 0.1) is 0 Å². The molecule has 0 fully saturated rings. The van der Waals surface area contributed by atoms with Crippen LogP contribution in [0.5, 0.6) is 11.5 Å². The number of hydrogen-bond donors (Lipinski definition) is 1. The minimum atomic E-state index is -3.36. The summed E-state index contributed by atoms with van der Waals surface area (Å²) in [4.78, 5) is 12.6. The second kappa shape index (κ2) is 6.87. The molecule has 1 aliphatic heterocycles. The van der Waals surface area contributed by atoms with Gasteiger partial charge in [0.15, 0.2) is 11.5 Å². The number of benzene rings is 2. The first-order chi connectivity index (χ1) is 12.3. The lowest BCUT2D eigenvalue weighted by atomic mass is 10.1. The zero-order valence-corrected chi connectivity index (χ0v) is 15.6. The van der Waals surface area contributed by atoms with Crippen LogP contribution in [0.1, 0.15) is 15.9 Å². The van der Waals surface area contributed by atoms with E-state index in [1.807, 2.05) is 0 Å². The largest absolute Gasteiger partial charge is 0.493 e. The Bertz CT molecular complexity index is 956. The third-order valence-electron chi connectivity index (χ3n) is 4.24. The number of carbonyl (C=O) groups excluding carboxylic acids is 1. The number of nitrogens with one attached hydrogen (secondary N) is 1. The van der Waals surface area contributed by atoms with Crippen molar-refractivity contribution in [3.8, 4) is 11.5 Å². The summed E-state index contributed by atoms with van der Waals surface area (Å²) in [6.45, 7) is 0.398. The van der Waals surface area contributed by atoms with E-state index in [1.165, 1.54) is 24.8 Å². The van der Waals surface area contributed by atoms with Crippen molar-refractivity contribution in [1.29, 1.82) is 0 Å². The maximum atomic E-state index is 12.6. The molecule has 1 N–H and O–H groups in total. The summed E-state index contributed by atoms with van der Waals surface area (Å²) in [5.74, 6) is 0.731. The molecule has 0 radical (unpaired) electrons. The second-order valence-electron chi connectivity index (χ2n) is 5.95. The third-order valence-corrected chi connectivity index (χ3v) is 5.42. The van der Waals surface area contributed by atoms with Crippen LogP contribution in [0.4, 0.5) is 11.4 Å². The highest BCUT2D eigenvalue weighted by Crippen LogP contribution is 2.32. The molecule has 2 aromatic carbocycles. The quantitative estimate of drug-likeness (QED) is 0.865. The topological polar surface area (TPSA) is 84.9 Å². The van der Waals surface area contributed by atoms with Gasteiger partial charge in [-0.15, -0.1) is 0 Å². The number of hydrogen-bond acceptors (Lipinski definition) is 5. The van der Waals surface area contributed by atoms with Gasteiger partial charge in [-0.1, -0.05) is 6.07 Å². The number of carbonyl (C=O) groups is 1. The Morgan fingerprint density at radius 1 is 1.08 bits per heavy atom. The van der Waals surface area contributed by atoms with Crippen molar-refractivity contribution in [3.05, 3.63) is 47.5 Å². The van der Waals surface area contributed by atoms with Gasteiger partial charge in [-0.05, 0) is 36.2 Å². The molecule has 0 spiro atoms. The normalized spacial score (nSPS) is 13.3. The first-order valence-electron chi connectivity index (χ1n) is 7.97. The standard InChI is InChI=1S/C18H20N2O5S/c1-24-16-7-6-14(11-17(16)25-2)19-18(21)13-5-4-12-8-9-20(15(12)10-13)26(3,22)23/h4-7,10-11H,8-9H2,1-3H3,(H,19,21). The molecule has 1 aliphatic rings. The van der Waals surface area contributed by atoms with Gasteiger partial charge >= 0.3 is 0 Å². The number of sulfonamides is 1. The molecule has 2 aromatic rings. The van der Waals surface area contributed by atoms with E-state index in [0.29, 0.717) is 41.4 Å². The van der Waals surface area contributed by atoms with Crippen LogP contribution in [-0.4, -0.2) is 41.3 Å². The lowest BCUT2D eigenvalue weighted by Gasteiger charge is -2.17. The van der Waals surface area contributed by atoms with E-state index >= 15 is 0 Å². The fraction of sp³-hybridized carbons (Fsp3) is 0.278. The fourth-order valence-corrected chi connectivity index (χ4v) is 3.90. The zero-order chi connectivity index (χ0) is 18.9. The van der Waals surface area contributed by atoms with Crippen LogP contribution >= 0.6 is 0 Å². The molecule has 7 nitrogen and oxygen atoms in total. The number of rotatable bonds is 5. The van der Waals surface area contributed by atoms with Gasteiger partial charge < -0.3 is 14.8 Å². The average molecular weight is 376 g/mol. The first-order valence-corrected chi connectivity index (χ1v) is 9.82. The van der Waals surface area contributed by atoms with E-state index in [9.17, 15) is 13.2 Å². The van der Waals surface area contributed by atoms with E-state index < -0.39 is 10.0 Å². The number of fused-ring (bicyclic) bond motifs is 1. The number of ether oxygens (including phenoxy) is 2. The van der Waals surface area contributed by atoms with E-state index in [1.54, 1.807) is 36.4 Å². The Morgan fingerprint density at radius 2 is 1.81 bits per heavy atom. The van der Waals surface area contributed by atoms with Gasteiger partial charge in [0.1, 0.15) is 0 Å². The highest BCUT2D eigenvalue weighted by atomic mass is 32.2. The van der Waals surface area contributed by atoms with E-state index in [4.69, 9.17) is 9.47 Å². The molecule has 0 bridgehead atoms. The molecular weight excluding hydrogens is 356 g/mol. The monoisotopic (exact) mass is 376 g/mol. The summed E-state index contributed by atoms with van der Waals surface area (Å²) >= 11 is 0. The molecule has 0 atom stereocenters. The first kappa shape index (κ1) is 18.1. The minimum absolute atomic E-state index is 0.333. The molecule has 1 heterocycles. The van der Waals surface area contributed by atoms with Gasteiger partial charge in [0.25, 0.3) is 5.91 Å². The molecule has 0 saturated carbocycles. The number of methoxy groups -OCH3 is 2. The van der Waals surface area contributed by atoms with Gasteiger partial charge in [0.05, 0.1) is 26.2 Å². The summed E-state index contributed by atoms with van der Waals surface area (Å²) < 4.78 is 35.5. The van der Waals surface area contributed by atoms with Gasteiger partial charge in [0.2, 0.25) is 10.0 Å². The molecule has 0 unspecified atom stereocenters. The Morgan fingerprint density at radius 3 is 2.46 bits per heavy atom. The van der Waals surface area contributed by atoms with Crippen molar-refractivity contribution in [2.24, 2.45) is 0 Å².